The number of H-pyrrole nitrogens is 1. The summed E-state index contributed by atoms with van der Waals surface area (Å²) in [6.07, 6.45) is -5.17. The maximum atomic E-state index is 12.8. The van der Waals surface area contributed by atoms with Gasteiger partial charge in [-0.05, 0) is 6.42 Å². The third kappa shape index (κ3) is 2.61. The number of fused-ring (bicyclic) bond motifs is 1. The number of rotatable bonds is 1. The molecular weight excluding hydrogens is 294 g/mol. The van der Waals surface area contributed by atoms with Crippen molar-refractivity contribution >= 4 is 10.4 Å². The highest BCUT2D eigenvalue weighted by molar-refractivity contribution is 7.83. The van der Waals surface area contributed by atoms with Gasteiger partial charge in [0.05, 0.1) is 0 Å². The molecule has 19 heavy (non-hydrogen) atoms. The van der Waals surface area contributed by atoms with E-state index in [0.29, 0.717) is 0 Å². The summed E-state index contributed by atoms with van der Waals surface area (Å²) in [6, 6.07) is 0. The van der Waals surface area contributed by atoms with Crippen molar-refractivity contribution in [1.82, 2.24) is 14.5 Å². The molecule has 0 spiro atoms. The van der Waals surface area contributed by atoms with Crippen LogP contribution in [0.1, 0.15) is 16.8 Å². The predicted molar refractivity (Wildman–Crippen MR) is 54.0 cm³/mol. The van der Waals surface area contributed by atoms with Crippen molar-refractivity contribution < 1.29 is 25.5 Å². The van der Waals surface area contributed by atoms with Crippen LogP contribution in [0.15, 0.2) is 4.79 Å². The summed E-state index contributed by atoms with van der Waals surface area (Å²) in [6.45, 7) is -1.25. The third-order valence-corrected chi connectivity index (χ3v) is 3.64. The van der Waals surface area contributed by atoms with Crippen LogP contribution in [-0.2, 0) is 29.6 Å². The predicted octanol–water partition coefficient (Wildman–Crippen LogP) is 0.361. The Morgan fingerprint density at radius 1 is 1.26 bits per heavy atom. The van der Waals surface area contributed by atoms with Crippen LogP contribution >= 0.6 is 0 Å². The van der Waals surface area contributed by atoms with Gasteiger partial charge in [-0.1, -0.05) is 3.89 Å². The van der Waals surface area contributed by atoms with Crippen LogP contribution in [0.25, 0.3) is 0 Å². The second-order valence-electron chi connectivity index (χ2n) is 3.88. The fraction of sp³-hybridized carbons (Fsp3) is 0.500. The van der Waals surface area contributed by atoms with Gasteiger partial charge in [-0.2, -0.15) is 31.0 Å². The van der Waals surface area contributed by atoms with Crippen LogP contribution in [0.3, 0.4) is 0 Å². The van der Waals surface area contributed by atoms with Crippen LogP contribution in [0.4, 0.5) is 17.1 Å². The molecule has 1 N–H and O–H groups in total. The largest absolute Gasteiger partial charge is 0.435 e. The maximum Gasteiger partial charge on any atom is 0.435 e. The number of aromatic nitrogens is 2. The van der Waals surface area contributed by atoms with Crippen LogP contribution in [0, 0.1) is 0 Å². The number of hydrogen-bond donors (Lipinski definition) is 1. The highest BCUT2D eigenvalue weighted by Gasteiger charge is 2.40. The second kappa shape index (κ2) is 4.27. The summed E-state index contributed by atoms with van der Waals surface area (Å²) >= 11 is 0. The molecule has 0 saturated heterocycles. The number of nitrogens with zero attached hydrogens (tertiary/aromatic N) is 2. The van der Waals surface area contributed by atoms with Gasteiger partial charge >= 0.3 is 16.6 Å². The Balaban J connectivity index is 2.59. The summed E-state index contributed by atoms with van der Waals surface area (Å²) < 4.78 is 72.5. The molecule has 0 aliphatic carbocycles. The second-order valence-corrected chi connectivity index (χ2v) is 5.22. The van der Waals surface area contributed by atoms with E-state index >= 15 is 0 Å². The van der Waals surface area contributed by atoms with Crippen molar-refractivity contribution in [2.75, 3.05) is 6.54 Å². The quantitative estimate of drug-likeness (QED) is 0.600. The maximum absolute atomic E-state index is 12.8. The summed E-state index contributed by atoms with van der Waals surface area (Å²) in [5, 5.41) is 4.57. The smallest absolute Gasteiger partial charge is 0.268 e. The average molecular weight is 301 g/mol. The number of halogens is 4. The molecule has 0 aromatic carbocycles. The van der Waals surface area contributed by atoms with Crippen molar-refractivity contribution in [2.24, 2.45) is 0 Å². The van der Waals surface area contributed by atoms with Crippen molar-refractivity contribution in [2.45, 2.75) is 19.1 Å². The Hall–Kier alpha value is -1.49. The molecule has 0 unspecified atom stereocenters. The summed E-state index contributed by atoms with van der Waals surface area (Å²) in [5.41, 5.74) is -3.07. The molecule has 0 fully saturated rings. The molecule has 0 atom stereocenters. The first kappa shape index (κ1) is 13.9. The molecule has 1 aromatic rings. The molecule has 0 saturated carbocycles. The van der Waals surface area contributed by atoms with E-state index in [-0.39, 0.29) is 16.3 Å². The molecule has 1 aromatic heterocycles. The van der Waals surface area contributed by atoms with Gasteiger partial charge in [0.1, 0.15) is 0 Å². The van der Waals surface area contributed by atoms with E-state index in [1.807, 2.05) is 0 Å². The van der Waals surface area contributed by atoms with E-state index in [0.717, 1.165) is 0 Å². The molecule has 1 aliphatic rings. The molecule has 2 heterocycles. The van der Waals surface area contributed by atoms with Gasteiger partial charge in [-0.25, -0.2) is 5.10 Å². The molecule has 0 amide bonds. The van der Waals surface area contributed by atoms with E-state index in [1.54, 1.807) is 5.10 Å². The normalized spacial score (nSPS) is 17.3. The van der Waals surface area contributed by atoms with Gasteiger partial charge < -0.3 is 0 Å². The van der Waals surface area contributed by atoms with E-state index in [9.17, 15) is 30.3 Å². The Morgan fingerprint density at radius 3 is 2.42 bits per heavy atom. The van der Waals surface area contributed by atoms with Crippen molar-refractivity contribution in [1.29, 1.82) is 0 Å². The zero-order valence-electron chi connectivity index (χ0n) is 9.16. The molecule has 1 aliphatic heterocycles. The highest BCUT2D eigenvalue weighted by Crippen LogP contribution is 2.33. The van der Waals surface area contributed by atoms with Crippen LogP contribution in [0.5, 0.6) is 0 Å². The summed E-state index contributed by atoms with van der Waals surface area (Å²) in [5.74, 6) is 0. The van der Waals surface area contributed by atoms with Crippen molar-refractivity contribution in [3.63, 3.8) is 0 Å². The molecule has 106 valence electrons. The van der Waals surface area contributed by atoms with Gasteiger partial charge in [0.15, 0.2) is 5.69 Å². The summed E-state index contributed by atoms with van der Waals surface area (Å²) in [7, 11) is -5.12. The number of nitrogens with one attached hydrogen (secondary N) is 1. The zero-order chi connectivity index (χ0) is 14.4. The lowest BCUT2D eigenvalue weighted by molar-refractivity contribution is -0.142. The molecule has 11 heteroatoms. The van der Waals surface area contributed by atoms with Crippen LogP contribution in [0.2, 0.25) is 0 Å². The minimum Gasteiger partial charge on any atom is -0.268 e. The molecule has 0 radical (unpaired) electrons. The first-order chi connectivity index (χ1) is 8.60. The fourth-order valence-electron chi connectivity index (χ4n) is 1.87. The minimum absolute atomic E-state index is 0.220. The van der Waals surface area contributed by atoms with Gasteiger partial charge in [-0.3, -0.25) is 4.79 Å². The van der Waals surface area contributed by atoms with Gasteiger partial charge in [0.25, 0.3) is 5.56 Å². The van der Waals surface area contributed by atoms with E-state index in [2.05, 4.69) is 5.10 Å². The number of hydrogen-bond acceptors (Lipinski definition) is 4. The SMILES string of the molecule is O=c1[nH]nc(C(F)(F)F)c2c1CCN(S(=O)(=O)F)C2. The summed E-state index contributed by atoms with van der Waals surface area (Å²) in [4.78, 5) is 11.4. The van der Waals surface area contributed by atoms with E-state index in [1.165, 1.54) is 0 Å². The first-order valence-electron chi connectivity index (χ1n) is 4.98. The van der Waals surface area contributed by atoms with Crippen LogP contribution in [-0.4, -0.2) is 29.5 Å². The number of aromatic amines is 1. The van der Waals surface area contributed by atoms with Gasteiger partial charge in [-0.15, -0.1) is 0 Å². The lowest BCUT2D eigenvalue weighted by atomic mass is 10.0. The fourth-order valence-corrected chi connectivity index (χ4v) is 2.46. The molecule has 6 nitrogen and oxygen atoms in total. The minimum atomic E-state index is -5.12. The van der Waals surface area contributed by atoms with E-state index < -0.39 is 46.5 Å². The standard InChI is InChI=1S/C8H7F4N3O3S/c9-8(10,11)6-5-3-15(19(12,17)18)2-1-4(5)7(16)14-13-6/h1-3H2,(H,14,16). The Morgan fingerprint density at radius 2 is 1.89 bits per heavy atom. The Labute approximate surface area is 104 Å². The lowest BCUT2D eigenvalue weighted by Gasteiger charge is -2.25. The number of alkyl halides is 3. The Kier molecular flexibility index (Phi) is 3.13. The molecule has 2 rings (SSSR count). The van der Waals surface area contributed by atoms with Crippen LogP contribution < -0.4 is 5.56 Å². The van der Waals surface area contributed by atoms with Crippen molar-refractivity contribution in [3.05, 3.63) is 27.2 Å². The molecular formula is C8H7F4N3O3S. The zero-order valence-corrected chi connectivity index (χ0v) is 9.98. The van der Waals surface area contributed by atoms with Crippen molar-refractivity contribution in [3.8, 4) is 0 Å². The first-order valence-corrected chi connectivity index (χ1v) is 6.32. The third-order valence-electron chi connectivity index (χ3n) is 2.72. The highest BCUT2D eigenvalue weighted by atomic mass is 32.3. The monoisotopic (exact) mass is 301 g/mol. The lowest BCUT2D eigenvalue weighted by Crippen LogP contribution is -2.38. The Bertz CT molecular complexity index is 667. The van der Waals surface area contributed by atoms with Gasteiger partial charge in [0.2, 0.25) is 0 Å². The molecule has 0 bridgehead atoms. The van der Waals surface area contributed by atoms with E-state index in [4.69, 9.17) is 0 Å². The average Bonchev–Trinajstić information content (AvgIpc) is 2.26. The van der Waals surface area contributed by atoms with Gasteiger partial charge in [0, 0.05) is 24.2 Å². The topological polar surface area (TPSA) is 83.1 Å².